The third-order valence-electron chi connectivity index (χ3n) is 2.72. The van der Waals surface area contributed by atoms with Crippen LogP contribution in [0.5, 0.6) is 0 Å². The quantitative estimate of drug-likeness (QED) is 0.922. The molecule has 0 spiro atoms. The van der Waals surface area contributed by atoms with Crippen LogP contribution in [0.3, 0.4) is 0 Å². The first-order chi connectivity index (χ1) is 8.47. The molecule has 0 atom stereocenters. The van der Waals surface area contributed by atoms with Gasteiger partial charge in [-0.1, -0.05) is 20.8 Å². The van der Waals surface area contributed by atoms with Gasteiger partial charge in [-0.25, -0.2) is 4.98 Å². The molecule has 1 N–H and O–H groups in total. The molecule has 0 radical (unpaired) electrons. The Hall–Kier alpha value is -1.20. The maximum absolute atomic E-state index is 4.56. The molecule has 0 aliphatic rings. The van der Waals surface area contributed by atoms with Gasteiger partial charge in [0.1, 0.15) is 0 Å². The lowest BCUT2D eigenvalue weighted by molar-refractivity contribution is 0.543. The third-order valence-corrected chi connectivity index (χ3v) is 3.36. The van der Waals surface area contributed by atoms with Crippen LogP contribution in [0.2, 0.25) is 0 Å². The summed E-state index contributed by atoms with van der Waals surface area (Å²) in [5.41, 5.74) is 5.47. The average Bonchev–Trinajstić information content (AvgIpc) is 2.87. The van der Waals surface area contributed by atoms with E-state index in [0.717, 1.165) is 24.5 Å². The highest BCUT2D eigenvalue weighted by Crippen LogP contribution is 2.23. The van der Waals surface area contributed by atoms with E-state index in [9.17, 15) is 0 Å². The van der Waals surface area contributed by atoms with Crippen LogP contribution in [0, 0.1) is 0 Å². The predicted molar refractivity (Wildman–Crippen MR) is 74.6 cm³/mol. The lowest BCUT2D eigenvalue weighted by atomic mass is 9.89. The molecule has 2 aromatic rings. The summed E-state index contributed by atoms with van der Waals surface area (Å²) in [4.78, 5) is 4.26. The van der Waals surface area contributed by atoms with Crippen LogP contribution in [0.25, 0.3) is 0 Å². The van der Waals surface area contributed by atoms with Crippen molar-refractivity contribution in [3.63, 3.8) is 0 Å². The van der Waals surface area contributed by atoms with E-state index >= 15 is 0 Å². The summed E-state index contributed by atoms with van der Waals surface area (Å²) >= 11 is 1.63. The Labute approximate surface area is 112 Å². The molecule has 2 rings (SSSR count). The zero-order valence-corrected chi connectivity index (χ0v) is 12.2. The van der Waals surface area contributed by atoms with Gasteiger partial charge >= 0.3 is 0 Å². The van der Waals surface area contributed by atoms with Crippen molar-refractivity contribution >= 4 is 11.3 Å². The molecule has 5 heteroatoms. The number of rotatable bonds is 4. The molecular formula is C13H20N4S. The summed E-state index contributed by atoms with van der Waals surface area (Å²) in [5, 5.41) is 10.1. The van der Waals surface area contributed by atoms with Gasteiger partial charge in [0.15, 0.2) is 0 Å². The molecule has 18 heavy (non-hydrogen) atoms. The normalized spacial score (nSPS) is 12.0. The van der Waals surface area contributed by atoms with Gasteiger partial charge < -0.3 is 5.32 Å². The summed E-state index contributed by atoms with van der Waals surface area (Å²) in [6.45, 7) is 8.22. The molecular weight excluding hydrogens is 244 g/mol. The summed E-state index contributed by atoms with van der Waals surface area (Å²) in [6.07, 6.45) is 2.09. The van der Waals surface area contributed by atoms with Gasteiger partial charge in [-0.05, 0) is 0 Å². The highest BCUT2D eigenvalue weighted by molar-refractivity contribution is 7.07. The van der Waals surface area contributed by atoms with Crippen molar-refractivity contribution in [3.05, 3.63) is 34.0 Å². The molecule has 0 aliphatic carbocycles. The van der Waals surface area contributed by atoms with Gasteiger partial charge in [-0.3, -0.25) is 4.68 Å². The van der Waals surface area contributed by atoms with Crippen LogP contribution >= 0.6 is 11.3 Å². The highest BCUT2D eigenvalue weighted by Gasteiger charge is 2.21. The fourth-order valence-corrected chi connectivity index (χ4v) is 2.51. The fourth-order valence-electron chi connectivity index (χ4n) is 1.95. The maximum atomic E-state index is 4.56. The zero-order chi connectivity index (χ0) is 13.2. The first-order valence-electron chi connectivity index (χ1n) is 6.07. The second-order valence-electron chi connectivity index (χ2n) is 5.51. The van der Waals surface area contributed by atoms with E-state index in [0.29, 0.717) is 0 Å². The zero-order valence-electron chi connectivity index (χ0n) is 11.4. The standard InChI is InChI=1S/C13H20N4S/c1-13(2,3)12-10(7-17(4)16-12)5-14-6-11-8-18-9-15-11/h7-9,14H,5-6H2,1-4H3. The molecule has 4 nitrogen and oxygen atoms in total. The van der Waals surface area contributed by atoms with Crippen LogP contribution in [0.15, 0.2) is 17.1 Å². The molecule has 0 saturated carbocycles. The van der Waals surface area contributed by atoms with E-state index in [-0.39, 0.29) is 5.41 Å². The molecule has 2 aromatic heterocycles. The largest absolute Gasteiger partial charge is 0.307 e. The lowest BCUT2D eigenvalue weighted by Gasteiger charge is -2.17. The number of aryl methyl sites for hydroxylation is 1. The monoisotopic (exact) mass is 264 g/mol. The Balaban J connectivity index is 2.01. The number of aromatic nitrogens is 3. The fraction of sp³-hybridized carbons (Fsp3) is 0.538. The van der Waals surface area contributed by atoms with Crippen molar-refractivity contribution in [2.75, 3.05) is 0 Å². The van der Waals surface area contributed by atoms with E-state index < -0.39 is 0 Å². The van der Waals surface area contributed by atoms with Crippen molar-refractivity contribution in [2.24, 2.45) is 7.05 Å². The van der Waals surface area contributed by atoms with Gasteiger partial charge in [0.25, 0.3) is 0 Å². The van der Waals surface area contributed by atoms with E-state index in [4.69, 9.17) is 0 Å². The lowest BCUT2D eigenvalue weighted by Crippen LogP contribution is -2.19. The van der Waals surface area contributed by atoms with Crippen LogP contribution in [0.4, 0.5) is 0 Å². The molecule has 0 bridgehead atoms. The van der Waals surface area contributed by atoms with Crippen LogP contribution in [0.1, 0.15) is 37.7 Å². The summed E-state index contributed by atoms with van der Waals surface area (Å²) < 4.78 is 1.89. The van der Waals surface area contributed by atoms with E-state index in [2.05, 4.69) is 47.7 Å². The van der Waals surface area contributed by atoms with Crippen molar-refractivity contribution in [3.8, 4) is 0 Å². The van der Waals surface area contributed by atoms with Gasteiger partial charge in [0.2, 0.25) is 0 Å². The highest BCUT2D eigenvalue weighted by atomic mass is 32.1. The molecule has 0 aromatic carbocycles. The van der Waals surface area contributed by atoms with E-state index in [1.807, 2.05) is 17.2 Å². The second kappa shape index (κ2) is 5.20. The first kappa shape index (κ1) is 13.2. The van der Waals surface area contributed by atoms with Crippen LogP contribution in [-0.4, -0.2) is 14.8 Å². The van der Waals surface area contributed by atoms with Gasteiger partial charge in [0.05, 0.1) is 16.9 Å². The minimum Gasteiger partial charge on any atom is -0.307 e. The Morgan fingerprint density at radius 2 is 2.11 bits per heavy atom. The van der Waals surface area contributed by atoms with Crippen molar-refractivity contribution in [1.29, 1.82) is 0 Å². The minimum atomic E-state index is 0.0822. The van der Waals surface area contributed by atoms with Gasteiger partial charge in [0, 0.05) is 42.7 Å². The van der Waals surface area contributed by atoms with Crippen molar-refractivity contribution in [2.45, 2.75) is 39.3 Å². The number of nitrogens with zero attached hydrogens (tertiary/aromatic N) is 3. The molecule has 0 saturated heterocycles. The molecule has 0 fully saturated rings. The third kappa shape index (κ3) is 3.17. The summed E-state index contributed by atoms with van der Waals surface area (Å²) in [5.74, 6) is 0. The van der Waals surface area contributed by atoms with Crippen LogP contribution < -0.4 is 5.32 Å². The maximum Gasteiger partial charge on any atom is 0.0795 e. The number of nitrogens with one attached hydrogen (secondary N) is 1. The second-order valence-corrected chi connectivity index (χ2v) is 6.23. The predicted octanol–water partition coefficient (Wildman–Crippen LogP) is 2.46. The minimum absolute atomic E-state index is 0.0822. The molecule has 0 aliphatic heterocycles. The molecule has 0 amide bonds. The Morgan fingerprint density at radius 3 is 2.72 bits per heavy atom. The Bertz CT molecular complexity index is 494. The van der Waals surface area contributed by atoms with Gasteiger partial charge in [-0.15, -0.1) is 11.3 Å². The number of thiazole rings is 1. The van der Waals surface area contributed by atoms with Crippen molar-refractivity contribution in [1.82, 2.24) is 20.1 Å². The number of hydrogen-bond acceptors (Lipinski definition) is 4. The van der Waals surface area contributed by atoms with Gasteiger partial charge in [-0.2, -0.15) is 5.10 Å². The first-order valence-corrected chi connectivity index (χ1v) is 7.02. The SMILES string of the molecule is Cn1cc(CNCc2cscn2)c(C(C)(C)C)n1. The number of hydrogen-bond donors (Lipinski definition) is 1. The Morgan fingerprint density at radius 1 is 1.33 bits per heavy atom. The topological polar surface area (TPSA) is 42.7 Å². The smallest absolute Gasteiger partial charge is 0.0795 e. The summed E-state index contributed by atoms with van der Waals surface area (Å²) in [6, 6.07) is 0. The summed E-state index contributed by atoms with van der Waals surface area (Å²) in [7, 11) is 1.97. The van der Waals surface area contributed by atoms with E-state index in [1.54, 1.807) is 11.3 Å². The van der Waals surface area contributed by atoms with Crippen LogP contribution in [-0.2, 0) is 25.6 Å². The molecule has 98 valence electrons. The van der Waals surface area contributed by atoms with E-state index in [1.165, 1.54) is 5.56 Å². The molecule has 0 unspecified atom stereocenters. The Kier molecular flexibility index (Phi) is 3.82. The average molecular weight is 264 g/mol. The van der Waals surface area contributed by atoms with Crippen molar-refractivity contribution < 1.29 is 0 Å². The molecule has 2 heterocycles.